The van der Waals surface area contributed by atoms with E-state index in [0.717, 1.165) is 13.1 Å². The molecule has 1 N–H and O–H groups in total. The third kappa shape index (κ3) is 3.83. The van der Waals surface area contributed by atoms with Gasteiger partial charge in [-0.3, -0.25) is 14.5 Å². The molecule has 2 aliphatic rings. The molecule has 1 aromatic carbocycles. The second-order valence-electron chi connectivity index (χ2n) is 7.20. The van der Waals surface area contributed by atoms with Crippen LogP contribution < -0.4 is 4.74 Å². The van der Waals surface area contributed by atoms with Gasteiger partial charge in [0, 0.05) is 26.2 Å². The van der Waals surface area contributed by atoms with Crippen molar-refractivity contribution in [3.8, 4) is 5.75 Å². The number of furan rings is 1. The zero-order valence-electron chi connectivity index (χ0n) is 16.7. The quantitative estimate of drug-likeness (QED) is 0.697. The van der Waals surface area contributed by atoms with Gasteiger partial charge in [0.05, 0.1) is 38.2 Å². The number of ketones is 1. The SMILES string of the molecule is COc1cccc([C@@H]2C(C(=O)c3ccco3)=C(O)C(=O)N2CCN2CCOCC2)c1. The topological polar surface area (TPSA) is 92.5 Å². The summed E-state index contributed by atoms with van der Waals surface area (Å²) in [5, 5.41) is 10.7. The number of carbonyl (C=O) groups excluding carboxylic acids is 2. The number of carbonyl (C=O) groups is 2. The lowest BCUT2D eigenvalue weighted by Crippen LogP contribution is -2.43. The zero-order chi connectivity index (χ0) is 21.1. The minimum atomic E-state index is -0.730. The summed E-state index contributed by atoms with van der Waals surface area (Å²) in [7, 11) is 1.55. The van der Waals surface area contributed by atoms with Crippen LogP contribution in [0.15, 0.2) is 58.4 Å². The number of amides is 1. The maximum atomic E-state index is 13.1. The lowest BCUT2D eigenvalue weighted by Gasteiger charge is -2.31. The summed E-state index contributed by atoms with van der Waals surface area (Å²) < 4.78 is 15.9. The Balaban J connectivity index is 1.68. The number of nitrogens with zero attached hydrogens (tertiary/aromatic N) is 2. The van der Waals surface area contributed by atoms with Crippen molar-refractivity contribution in [3.05, 3.63) is 65.3 Å². The molecule has 3 heterocycles. The van der Waals surface area contributed by atoms with Crippen molar-refractivity contribution in [1.82, 2.24) is 9.80 Å². The fraction of sp³-hybridized carbons (Fsp3) is 0.364. The number of morpholine rings is 1. The number of Topliss-reactive ketones (excluding diaryl/α,β-unsaturated/α-hetero) is 1. The second-order valence-corrected chi connectivity index (χ2v) is 7.20. The number of rotatable bonds is 7. The number of aliphatic hydroxyl groups excluding tert-OH is 1. The van der Waals surface area contributed by atoms with E-state index in [1.165, 1.54) is 17.2 Å². The molecule has 2 aliphatic heterocycles. The Bertz CT molecular complexity index is 946. The number of ether oxygens (including phenoxy) is 2. The van der Waals surface area contributed by atoms with Gasteiger partial charge in [-0.15, -0.1) is 0 Å². The van der Waals surface area contributed by atoms with E-state index in [4.69, 9.17) is 13.9 Å². The first-order chi connectivity index (χ1) is 14.6. The van der Waals surface area contributed by atoms with Gasteiger partial charge in [-0.2, -0.15) is 0 Å². The molecule has 0 unspecified atom stereocenters. The molecule has 0 spiro atoms. The van der Waals surface area contributed by atoms with Crippen molar-refractivity contribution in [2.45, 2.75) is 6.04 Å². The fourth-order valence-corrected chi connectivity index (χ4v) is 3.89. The highest BCUT2D eigenvalue weighted by atomic mass is 16.5. The van der Waals surface area contributed by atoms with Gasteiger partial charge in [0.2, 0.25) is 5.78 Å². The Hall–Kier alpha value is -3.10. The van der Waals surface area contributed by atoms with Gasteiger partial charge >= 0.3 is 0 Å². The van der Waals surface area contributed by atoms with Crippen LogP contribution in [0.2, 0.25) is 0 Å². The predicted molar refractivity (Wildman–Crippen MR) is 107 cm³/mol. The summed E-state index contributed by atoms with van der Waals surface area (Å²) in [6, 6.07) is 9.55. The molecule has 0 radical (unpaired) electrons. The van der Waals surface area contributed by atoms with E-state index in [1.807, 2.05) is 6.07 Å². The van der Waals surface area contributed by atoms with Crippen LogP contribution in [0.3, 0.4) is 0 Å². The first-order valence-corrected chi connectivity index (χ1v) is 9.86. The minimum Gasteiger partial charge on any atom is -0.503 e. The average molecular weight is 412 g/mol. The van der Waals surface area contributed by atoms with E-state index >= 15 is 0 Å². The summed E-state index contributed by atoms with van der Waals surface area (Å²) >= 11 is 0. The van der Waals surface area contributed by atoms with Crippen LogP contribution in [-0.2, 0) is 9.53 Å². The van der Waals surface area contributed by atoms with Crippen LogP contribution in [0.25, 0.3) is 0 Å². The van der Waals surface area contributed by atoms with Crippen LogP contribution in [-0.4, -0.2) is 73.1 Å². The first kappa shape index (κ1) is 20.2. The van der Waals surface area contributed by atoms with Crippen molar-refractivity contribution >= 4 is 11.7 Å². The Morgan fingerprint density at radius 1 is 1.20 bits per heavy atom. The lowest BCUT2D eigenvalue weighted by molar-refractivity contribution is -0.129. The molecule has 0 saturated carbocycles. The normalized spacial score (nSPS) is 20.1. The molecule has 8 nitrogen and oxygen atoms in total. The highest BCUT2D eigenvalue weighted by Gasteiger charge is 2.44. The molecule has 0 bridgehead atoms. The standard InChI is InChI=1S/C22H24N2O6/c1-28-16-5-2-4-15(14-16)19-18(20(25)17-6-3-11-30-17)21(26)22(27)24(19)8-7-23-9-12-29-13-10-23/h2-6,11,14,19,26H,7-10,12-13H2,1H3/t19-/m1/s1. The molecule has 158 valence electrons. The van der Waals surface area contributed by atoms with Gasteiger partial charge < -0.3 is 23.9 Å². The van der Waals surface area contributed by atoms with Crippen molar-refractivity contribution in [2.75, 3.05) is 46.5 Å². The van der Waals surface area contributed by atoms with Crippen LogP contribution in [0.1, 0.15) is 22.2 Å². The Morgan fingerprint density at radius 3 is 2.70 bits per heavy atom. The largest absolute Gasteiger partial charge is 0.503 e. The second kappa shape index (κ2) is 8.73. The molecule has 1 amide bonds. The number of hydrogen-bond donors (Lipinski definition) is 1. The van der Waals surface area contributed by atoms with E-state index in [1.54, 1.807) is 31.4 Å². The molecule has 2 aromatic rings. The predicted octanol–water partition coefficient (Wildman–Crippen LogP) is 2.20. The molecular formula is C22H24N2O6. The lowest BCUT2D eigenvalue weighted by atomic mass is 9.95. The van der Waals surface area contributed by atoms with Crippen molar-refractivity contribution in [3.63, 3.8) is 0 Å². The molecule has 1 aromatic heterocycles. The summed E-state index contributed by atoms with van der Waals surface area (Å²) in [6.45, 7) is 3.84. The van der Waals surface area contributed by atoms with E-state index in [2.05, 4.69) is 4.90 Å². The molecule has 1 atom stereocenters. The number of aliphatic hydroxyl groups is 1. The van der Waals surface area contributed by atoms with E-state index in [-0.39, 0.29) is 11.3 Å². The van der Waals surface area contributed by atoms with Gasteiger partial charge in [-0.05, 0) is 29.8 Å². The molecule has 8 heteroatoms. The first-order valence-electron chi connectivity index (χ1n) is 9.86. The Labute approximate surface area is 174 Å². The van der Waals surface area contributed by atoms with Crippen LogP contribution in [0, 0.1) is 0 Å². The fourth-order valence-electron chi connectivity index (χ4n) is 3.89. The molecule has 1 saturated heterocycles. The maximum absolute atomic E-state index is 13.1. The molecule has 1 fully saturated rings. The summed E-state index contributed by atoms with van der Waals surface area (Å²) in [5.41, 5.74) is 0.703. The smallest absolute Gasteiger partial charge is 0.290 e. The molecule has 0 aliphatic carbocycles. The number of methoxy groups -OCH3 is 1. The van der Waals surface area contributed by atoms with Gasteiger partial charge in [-0.1, -0.05) is 12.1 Å². The average Bonchev–Trinajstić information content (AvgIpc) is 3.40. The zero-order valence-corrected chi connectivity index (χ0v) is 16.7. The monoisotopic (exact) mass is 412 g/mol. The summed E-state index contributed by atoms with van der Waals surface area (Å²) in [4.78, 5) is 29.8. The van der Waals surface area contributed by atoms with Crippen molar-refractivity contribution < 1.29 is 28.6 Å². The Morgan fingerprint density at radius 2 is 2.00 bits per heavy atom. The van der Waals surface area contributed by atoms with Crippen molar-refractivity contribution in [1.29, 1.82) is 0 Å². The number of hydrogen-bond acceptors (Lipinski definition) is 7. The molecular weight excluding hydrogens is 388 g/mol. The summed E-state index contributed by atoms with van der Waals surface area (Å²) in [5.74, 6) is -0.929. The molecule has 4 rings (SSSR count). The Kier molecular flexibility index (Phi) is 5.87. The van der Waals surface area contributed by atoms with Gasteiger partial charge in [0.25, 0.3) is 5.91 Å². The van der Waals surface area contributed by atoms with E-state index in [9.17, 15) is 14.7 Å². The van der Waals surface area contributed by atoms with E-state index in [0.29, 0.717) is 37.6 Å². The van der Waals surface area contributed by atoms with Crippen molar-refractivity contribution in [2.24, 2.45) is 0 Å². The highest BCUT2D eigenvalue weighted by Crippen LogP contribution is 2.39. The van der Waals surface area contributed by atoms with Gasteiger partial charge in [0.15, 0.2) is 11.5 Å². The van der Waals surface area contributed by atoms with E-state index < -0.39 is 23.5 Å². The van der Waals surface area contributed by atoms with Gasteiger partial charge in [-0.25, -0.2) is 0 Å². The van der Waals surface area contributed by atoms with Gasteiger partial charge in [0.1, 0.15) is 5.75 Å². The third-order valence-corrected chi connectivity index (χ3v) is 5.46. The third-order valence-electron chi connectivity index (χ3n) is 5.46. The van der Waals surface area contributed by atoms with Crippen LogP contribution in [0.4, 0.5) is 0 Å². The molecule has 30 heavy (non-hydrogen) atoms. The maximum Gasteiger partial charge on any atom is 0.290 e. The highest BCUT2D eigenvalue weighted by molar-refractivity contribution is 6.15. The summed E-state index contributed by atoms with van der Waals surface area (Å²) in [6.07, 6.45) is 1.39. The minimum absolute atomic E-state index is 0.0187. The van der Waals surface area contributed by atoms with Crippen LogP contribution >= 0.6 is 0 Å². The number of benzene rings is 1. The van der Waals surface area contributed by atoms with Crippen LogP contribution in [0.5, 0.6) is 5.75 Å².